The van der Waals surface area contributed by atoms with Gasteiger partial charge in [0.15, 0.2) is 0 Å². The molecule has 6 heteroatoms. The Morgan fingerprint density at radius 1 is 0.957 bits per heavy atom. The summed E-state index contributed by atoms with van der Waals surface area (Å²) in [5.74, 6) is -0.663. The number of hydrogen-bond acceptors (Lipinski definition) is 3. The maximum atomic E-state index is 12.0. The van der Waals surface area contributed by atoms with E-state index in [1.807, 2.05) is 36.4 Å². The fourth-order valence-electron chi connectivity index (χ4n) is 2.07. The molecule has 0 aliphatic heterocycles. The minimum absolute atomic E-state index is 0.159. The van der Waals surface area contributed by atoms with Gasteiger partial charge in [0, 0.05) is 23.6 Å². The zero-order valence-corrected chi connectivity index (χ0v) is 13.1. The van der Waals surface area contributed by atoms with Gasteiger partial charge in [0.05, 0.1) is 0 Å². The number of benzene rings is 2. The predicted octanol–water partition coefficient (Wildman–Crippen LogP) is 3.02. The van der Waals surface area contributed by atoms with Gasteiger partial charge >= 0.3 is 0 Å². The molecule has 120 valence electrons. The lowest BCUT2D eigenvalue weighted by atomic mass is 10.0. The SMILES string of the molecule is O=C(CCCNC(=O)c1ccc(-c2ccc(Cl)cc2)cc1)NO. The van der Waals surface area contributed by atoms with Crippen molar-refractivity contribution in [1.82, 2.24) is 10.8 Å². The van der Waals surface area contributed by atoms with Gasteiger partial charge in [-0.15, -0.1) is 0 Å². The number of rotatable bonds is 6. The van der Waals surface area contributed by atoms with Crippen LogP contribution in [0, 0.1) is 0 Å². The molecule has 0 aromatic heterocycles. The zero-order chi connectivity index (χ0) is 16.7. The molecule has 0 bridgehead atoms. The molecule has 23 heavy (non-hydrogen) atoms. The molecule has 0 atom stereocenters. The Balaban J connectivity index is 1.90. The number of hydroxylamine groups is 1. The third-order valence-electron chi connectivity index (χ3n) is 3.32. The summed E-state index contributed by atoms with van der Waals surface area (Å²) in [5, 5.41) is 11.8. The average Bonchev–Trinajstić information content (AvgIpc) is 2.59. The van der Waals surface area contributed by atoms with E-state index in [9.17, 15) is 9.59 Å². The van der Waals surface area contributed by atoms with Crippen LogP contribution in [0.2, 0.25) is 5.02 Å². The van der Waals surface area contributed by atoms with E-state index in [4.69, 9.17) is 16.8 Å². The van der Waals surface area contributed by atoms with Crippen LogP contribution in [-0.2, 0) is 4.79 Å². The second-order valence-corrected chi connectivity index (χ2v) is 5.42. The third-order valence-corrected chi connectivity index (χ3v) is 3.57. The number of carbonyl (C=O) groups is 2. The highest BCUT2D eigenvalue weighted by atomic mass is 35.5. The van der Waals surface area contributed by atoms with Gasteiger partial charge in [0.25, 0.3) is 5.91 Å². The van der Waals surface area contributed by atoms with E-state index in [0.29, 0.717) is 23.6 Å². The van der Waals surface area contributed by atoms with Crippen molar-refractivity contribution in [3.8, 4) is 11.1 Å². The Morgan fingerprint density at radius 2 is 1.52 bits per heavy atom. The van der Waals surface area contributed by atoms with Crippen molar-refractivity contribution in [3.05, 3.63) is 59.1 Å². The number of amides is 2. The molecular weight excluding hydrogens is 316 g/mol. The third kappa shape index (κ3) is 5.09. The number of nitrogens with one attached hydrogen (secondary N) is 2. The van der Waals surface area contributed by atoms with Crippen LogP contribution >= 0.6 is 11.6 Å². The van der Waals surface area contributed by atoms with Gasteiger partial charge in [-0.1, -0.05) is 35.9 Å². The van der Waals surface area contributed by atoms with Gasteiger partial charge in [-0.2, -0.15) is 0 Å². The zero-order valence-electron chi connectivity index (χ0n) is 12.4. The van der Waals surface area contributed by atoms with E-state index in [2.05, 4.69) is 5.32 Å². The molecular formula is C17H17ClN2O3. The van der Waals surface area contributed by atoms with E-state index >= 15 is 0 Å². The monoisotopic (exact) mass is 332 g/mol. The second kappa shape index (κ2) is 8.31. The first-order valence-electron chi connectivity index (χ1n) is 7.17. The molecule has 0 heterocycles. The molecule has 3 N–H and O–H groups in total. The van der Waals surface area contributed by atoms with Crippen molar-refractivity contribution < 1.29 is 14.8 Å². The quantitative estimate of drug-likeness (QED) is 0.432. The first-order valence-corrected chi connectivity index (χ1v) is 7.55. The van der Waals surface area contributed by atoms with Gasteiger partial charge in [-0.3, -0.25) is 14.8 Å². The summed E-state index contributed by atoms with van der Waals surface area (Å²) in [5.41, 5.74) is 4.12. The highest BCUT2D eigenvalue weighted by molar-refractivity contribution is 6.30. The maximum absolute atomic E-state index is 12.0. The molecule has 0 saturated heterocycles. The van der Waals surface area contributed by atoms with E-state index < -0.39 is 5.91 Å². The molecule has 0 aliphatic carbocycles. The summed E-state index contributed by atoms with van der Waals surface area (Å²) in [4.78, 5) is 22.8. The van der Waals surface area contributed by atoms with Crippen LogP contribution in [0.1, 0.15) is 23.2 Å². The summed E-state index contributed by atoms with van der Waals surface area (Å²) in [6.07, 6.45) is 0.618. The molecule has 0 aliphatic rings. The summed E-state index contributed by atoms with van der Waals surface area (Å²) < 4.78 is 0. The lowest BCUT2D eigenvalue weighted by molar-refractivity contribution is -0.129. The minimum atomic E-state index is -0.466. The van der Waals surface area contributed by atoms with Crippen LogP contribution in [-0.4, -0.2) is 23.6 Å². The Bertz CT molecular complexity index is 669. The Kier molecular flexibility index (Phi) is 6.14. The van der Waals surface area contributed by atoms with Crippen LogP contribution in [0.3, 0.4) is 0 Å². The molecule has 0 saturated carbocycles. The topological polar surface area (TPSA) is 78.4 Å². The fourth-order valence-corrected chi connectivity index (χ4v) is 2.19. The summed E-state index contributed by atoms with van der Waals surface area (Å²) >= 11 is 5.86. The normalized spacial score (nSPS) is 10.2. The van der Waals surface area contributed by atoms with Crippen LogP contribution in [0.4, 0.5) is 0 Å². The molecule has 0 fully saturated rings. The van der Waals surface area contributed by atoms with Crippen LogP contribution < -0.4 is 10.8 Å². The molecule has 5 nitrogen and oxygen atoms in total. The average molecular weight is 333 g/mol. The number of carbonyl (C=O) groups excluding carboxylic acids is 2. The Labute approximate surface area is 139 Å². The maximum Gasteiger partial charge on any atom is 0.251 e. The first kappa shape index (κ1) is 17.0. The van der Waals surface area contributed by atoms with Gasteiger partial charge in [0.1, 0.15) is 0 Å². The lowest BCUT2D eigenvalue weighted by Crippen LogP contribution is -2.26. The summed E-state index contributed by atoms with van der Waals surface area (Å²) in [6, 6.07) is 14.7. The van der Waals surface area contributed by atoms with Crippen molar-refractivity contribution in [1.29, 1.82) is 0 Å². The van der Waals surface area contributed by atoms with E-state index in [0.717, 1.165) is 11.1 Å². The van der Waals surface area contributed by atoms with E-state index in [-0.39, 0.29) is 12.3 Å². The summed E-state index contributed by atoms with van der Waals surface area (Å²) in [6.45, 7) is 0.366. The number of hydrogen-bond donors (Lipinski definition) is 3. The number of halogens is 1. The largest absolute Gasteiger partial charge is 0.352 e. The Hall–Kier alpha value is -2.37. The van der Waals surface area contributed by atoms with E-state index in [1.54, 1.807) is 17.6 Å². The molecule has 2 aromatic rings. The molecule has 2 aromatic carbocycles. The first-order chi connectivity index (χ1) is 11.1. The van der Waals surface area contributed by atoms with Crippen molar-refractivity contribution in [2.45, 2.75) is 12.8 Å². The molecule has 0 spiro atoms. The molecule has 2 amide bonds. The standard InChI is InChI=1S/C17H17ClN2O3/c18-15-9-7-13(8-10-15)12-3-5-14(6-4-12)17(22)19-11-1-2-16(21)20-23/h3-10,23H,1-2,11H2,(H,19,22)(H,20,21). The van der Waals surface area contributed by atoms with Crippen molar-refractivity contribution >= 4 is 23.4 Å². The van der Waals surface area contributed by atoms with Gasteiger partial charge in [-0.25, -0.2) is 5.48 Å². The smallest absolute Gasteiger partial charge is 0.251 e. The fraction of sp³-hybridized carbons (Fsp3) is 0.176. The van der Waals surface area contributed by atoms with Crippen molar-refractivity contribution in [2.75, 3.05) is 6.54 Å². The highest BCUT2D eigenvalue weighted by Gasteiger charge is 2.06. The van der Waals surface area contributed by atoms with Crippen LogP contribution in [0.25, 0.3) is 11.1 Å². The second-order valence-electron chi connectivity index (χ2n) is 4.98. The van der Waals surface area contributed by atoms with Crippen molar-refractivity contribution in [3.63, 3.8) is 0 Å². The molecule has 0 radical (unpaired) electrons. The molecule has 0 unspecified atom stereocenters. The van der Waals surface area contributed by atoms with Crippen LogP contribution in [0.15, 0.2) is 48.5 Å². The van der Waals surface area contributed by atoms with Crippen LogP contribution in [0.5, 0.6) is 0 Å². The predicted molar refractivity (Wildman–Crippen MR) is 88.4 cm³/mol. The molecule has 2 rings (SSSR count). The summed E-state index contributed by atoms with van der Waals surface area (Å²) in [7, 11) is 0. The van der Waals surface area contributed by atoms with Gasteiger partial charge in [0.2, 0.25) is 5.91 Å². The Morgan fingerprint density at radius 3 is 2.09 bits per heavy atom. The van der Waals surface area contributed by atoms with Gasteiger partial charge in [-0.05, 0) is 41.8 Å². The van der Waals surface area contributed by atoms with E-state index in [1.165, 1.54) is 0 Å². The lowest BCUT2D eigenvalue weighted by Gasteiger charge is -2.06. The minimum Gasteiger partial charge on any atom is -0.352 e. The van der Waals surface area contributed by atoms with Gasteiger partial charge < -0.3 is 5.32 Å². The van der Waals surface area contributed by atoms with Crippen molar-refractivity contribution in [2.24, 2.45) is 0 Å². The highest BCUT2D eigenvalue weighted by Crippen LogP contribution is 2.21.